The number of carbonyl (C=O) groups excluding carboxylic acids is 1. The molecule has 4 N–H and O–H groups in total. The van der Waals surface area contributed by atoms with Crippen LogP contribution in [0.2, 0.25) is 0 Å². The first-order valence-corrected chi connectivity index (χ1v) is 6.35. The lowest BCUT2D eigenvalue weighted by atomic mass is 10.1. The van der Waals surface area contributed by atoms with E-state index in [4.69, 9.17) is 10.8 Å². The quantitative estimate of drug-likeness (QED) is 0.553. The van der Waals surface area contributed by atoms with Crippen molar-refractivity contribution in [1.82, 2.24) is 5.32 Å². The Balaban J connectivity index is 2.39. The van der Waals surface area contributed by atoms with Crippen molar-refractivity contribution in [1.29, 1.82) is 0 Å². The van der Waals surface area contributed by atoms with Gasteiger partial charge >= 0.3 is 5.97 Å². The van der Waals surface area contributed by atoms with Crippen molar-refractivity contribution >= 4 is 33.5 Å². The molecule has 0 fully saturated rings. The Morgan fingerprint density at radius 3 is 2.67 bits per heavy atom. The van der Waals surface area contributed by atoms with Gasteiger partial charge in [-0.1, -0.05) is 15.9 Å². The first kappa shape index (κ1) is 14.5. The highest BCUT2D eigenvalue weighted by Crippen LogP contribution is 2.18. The second-order valence-corrected chi connectivity index (χ2v) is 4.75. The van der Waals surface area contributed by atoms with Gasteiger partial charge in [0.2, 0.25) is 0 Å². The Labute approximate surface area is 113 Å². The maximum atomic E-state index is 11.8. The second-order valence-electron chi connectivity index (χ2n) is 3.84. The maximum absolute atomic E-state index is 11.8. The number of amides is 1. The fraction of sp³-hybridized carbons (Fsp3) is 0.333. The summed E-state index contributed by atoms with van der Waals surface area (Å²) in [5.74, 6) is -1.06. The largest absolute Gasteiger partial charge is 0.481 e. The lowest BCUT2D eigenvalue weighted by Gasteiger charge is -2.07. The zero-order valence-corrected chi connectivity index (χ0v) is 11.4. The van der Waals surface area contributed by atoms with Crippen LogP contribution in [-0.2, 0) is 4.79 Å². The van der Waals surface area contributed by atoms with Gasteiger partial charge in [0.15, 0.2) is 0 Å². The van der Waals surface area contributed by atoms with Gasteiger partial charge in [0.25, 0.3) is 5.91 Å². The van der Waals surface area contributed by atoms with Gasteiger partial charge in [0, 0.05) is 23.1 Å². The van der Waals surface area contributed by atoms with Gasteiger partial charge in [0.1, 0.15) is 0 Å². The van der Waals surface area contributed by atoms with Crippen LogP contribution in [-0.4, -0.2) is 23.5 Å². The van der Waals surface area contributed by atoms with Crippen LogP contribution in [0.25, 0.3) is 0 Å². The molecule has 5 nitrogen and oxygen atoms in total. The Bertz CT molecular complexity index is 449. The van der Waals surface area contributed by atoms with Crippen molar-refractivity contribution in [2.75, 3.05) is 12.3 Å². The van der Waals surface area contributed by atoms with E-state index in [2.05, 4.69) is 21.2 Å². The van der Waals surface area contributed by atoms with E-state index in [1.54, 1.807) is 18.2 Å². The number of carboxylic acid groups (broad SMARTS) is 1. The zero-order valence-electron chi connectivity index (χ0n) is 9.78. The monoisotopic (exact) mass is 314 g/mol. The molecule has 1 amide bonds. The molecule has 0 bridgehead atoms. The molecule has 0 saturated carbocycles. The summed E-state index contributed by atoms with van der Waals surface area (Å²) < 4.78 is 0.818. The molecule has 0 saturated heterocycles. The summed E-state index contributed by atoms with van der Waals surface area (Å²) in [6, 6.07) is 5.06. The third-order valence-electron chi connectivity index (χ3n) is 2.36. The van der Waals surface area contributed by atoms with Crippen LogP contribution in [0.4, 0.5) is 5.69 Å². The molecular weight excluding hydrogens is 300 g/mol. The molecule has 0 aromatic heterocycles. The fourth-order valence-corrected chi connectivity index (χ4v) is 1.82. The molecular formula is C12H15BrN2O3. The summed E-state index contributed by atoms with van der Waals surface area (Å²) in [4.78, 5) is 22.0. The third kappa shape index (κ3) is 4.75. The number of nitrogen functional groups attached to an aromatic ring is 1. The van der Waals surface area contributed by atoms with E-state index in [9.17, 15) is 9.59 Å². The lowest BCUT2D eigenvalue weighted by molar-refractivity contribution is -0.137. The maximum Gasteiger partial charge on any atom is 0.303 e. The van der Waals surface area contributed by atoms with Gasteiger partial charge in [-0.25, -0.2) is 0 Å². The van der Waals surface area contributed by atoms with E-state index in [1.807, 2.05) is 0 Å². The molecule has 0 heterocycles. The van der Waals surface area contributed by atoms with E-state index in [0.717, 1.165) is 4.47 Å². The van der Waals surface area contributed by atoms with Crippen LogP contribution in [0.5, 0.6) is 0 Å². The van der Waals surface area contributed by atoms with Crippen LogP contribution in [0.15, 0.2) is 22.7 Å². The van der Waals surface area contributed by atoms with Crippen molar-refractivity contribution in [3.63, 3.8) is 0 Å². The number of aliphatic carboxylic acids is 1. The number of carboxylic acids is 1. The second kappa shape index (κ2) is 7.00. The molecule has 1 aromatic rings. The molecule has 0 spiro atoms. The lowest BCUT2D eigenvalue weighted by Crippen LogP contribution is -2.25. The van der Waals surface area contributed by atoms with Gasteiger partial charge in [-0.05, 0) is 31.0 Å². The number of benzene rings is 1. The average molecular weight is 315 g/mol. The normalized spacial score (nSPS) is 10.1. The highest BCUT2D eigenvalue weighted by molar-refractivity contribution is 9.10. The molecule has 0 radical (unpaired) electrons. The van der Waals surface area contributed by atoms with Crippen LogP contribution in [0, 0.1) is 0 Å². The van der Waals surface area contributed by atoms with Crippen LogP contribution < -0.4 is 11.1 Å². The van der Waals surface area contributed by atoms with Crippen molar-refractivity contribution < 1.29 is 14.7 Å². The molecule has 0 atom stereocenters. The highest BCUT2D eigenvalue weighted by atomic mass is 79.9. The summed E-state index contributed by atoms with van der Waals surface area (Å²) >= 11 is 3.26. The van der Waals surface area contributed by atoms with Crippen LogP contribution >= 0.6 is 15.9 Å². The first-order chi connectivity index (χ1) is 8.50. The van der Waals surface area contributed by atoms with Gasteiger partial charge in [0.05, 0.1) is 5.56 Å². The zero-order chi connectivity index (χ0) is 13.5. The van der Waals surface area contributed by atoms with E-state index >= 15 is 0 Å². The van der Waals surface area contributed by atoms with Crippen LogP contribution in [0.3, 0.4) is 0 Å². The number of hydrogen-bond acceptors (Lipinski definition) is 3. The summed E-state index contributed by atoms with van der Waals surface area (Å²) in [5, 5.41) is 11.2. The number of halogens is 1. The van der Waals surface area contributed by atoms with Crippen molar-refractivity contribution in [3.8, 4) is 0 Å². The Morgan fingerprint density at radius 1 is 1.33 bits per heavy atom. The molecule has 0 aliphatic heterocycles. The van der Waals surface area contributed by atoms with E-state index in [-0.39, 0.29) is 12.3 Å². The smallest absolute Gasteiger partial charge is 0.303 e. The van der Waals surface area contributed by atoms with Crippen molar-refractivity contribution in [2.45, 2.75) is 19.3 Å². The SMILES string of the molecule is Nc1cc(Br)ccc1C(=O)NCCCCC(=O)O. The summed E-state index contributed by atoms with van der Waals surface area (Å²) in [6.07, 6.45) is 1.30. The number of nitrogens with one attached hydrogen (secondary N) is 1. The predicted octanol–water partition coefficient (Wildman–Crippen LogP) is 2.02. The fourth-order valence-electron chi connectivity index (χ4n) is 1.44. The molecule has 18 heavy (non-hydrogen) atoms. The third-order valence-corrected chi connectivity index (χ3v) is 2.85. The number of nitrogens with two attached hydrogens (primary N) is 1. The standard InChI is InChI=1S/C12H15BrN2O3/c13-8-4-5-9(10(14)7-8)12(18)15-6-2-1-3-11(16)17/h4-5,7H,1-3,6,14H2,(H,15,18)(H,16,17). The predicted molar refractivity (Wildman–Crippen MR) is 72.4 cm³/mol. The van der Waals surface area contributed by atoms with Gasteiger partial charge in [-0.3, -0.25) is 9.59 Å². The number of anilines is 1. The van der Waals surface area contributed by atoms with Crippen molar-refractivity contribution in [2.24, 2.45) is 0 Å². The molecule has 6 heteroatoms. The minimum atomic E-state index is -0.821. The minimum Gasteiger partial charge on any atom is -0.481 e. The summed E-state index contributed by atoms with van der Waals surface area (Å²) in [7, 11) is 0. The van der Waals surface area contributed by atoms with Gasteiger partial charge in [-0.2, -0.15) is 0 Å². The first-order valence-electron chi connectivity index (χ1n) is 5.55. The van der Waals surface area contributed by atoms with Gasteiger partial charge in [-0.15, -0.1) is 0 Å². The number of hydrogen-bond donors (Lipinski definition) is 3. The number of carbonyl (C=O) groups is 2. The topological polar surface area (TPSA) is 92.4 Å². The summed E-state index contributed by atoms with van der Waals surface area (Å²) in [6.45, 7) is 0.446. The molecule has 0 aliphatic carbocycles. The molecule has 98 valence electrons. The van der Waals surface area contributed by atoms with E-state index in [0.29, 0.717) is 30.6 Å². The number of unbranched alkanes of at least 4 members (excludes halogenated alkanes) is 1. The Morgan fingerprint density at radius 2 is 2.06 bits per heavy atom. The van der Waals surface area contributed by atoms with Crippen molar-refractivity contribution in [3.05, 3.63) is 28.2 Å². The highest BCUT2D eigenvalue weighted by Gasteiger charge is 2.09. The Hall–Kier alpha value is -1.56. The molecule has 1 aromatic carbocycles. The molecule has 0 aliphatic rings. The summed E-state index contributed by atoms with van der Waals surface area (Å²) in [5.41, 5.74) is 6.56. The molecule has 1 rings (SSSR count). The van der Waals surface area contributed by atoms with E-state index < -0.39 is 5.97 Å². The minimum absolute atomic E-state index is 0.121. The van der Waals surface area contributed by atoms with E-state index in [1.165, 1.54) is 0 Å². The molecule has 0 unspecified atom stereocenters. The van der Waals surface area contributed by atoms with Gasteiger partial charge < -0.3 is 16.2 Å². The Kier molecular flexibility index (Phi) is 5.64. The average Bonchev–Trinajstić information content (AvgIpc) is 2.27. The van der Waals surface area contributed by atoms with Crippen LogP contribution in [0.1, 0.15) is 29.6 Å². The number of rotatable bonds is 6.